The molecule has 1 aliphatic rings. The lowest BCUT2D eigenvalue weighted by Gasteiger charge is -2.36. The number of methoxy groups -OCH3 is 2. The van der Waals surface area contributed by atoms with Gasteiger partial charge >= 0.3 is 0 Å². The van der Waals surface area contributed by atoms with E-state index < -0.39 is 5.04 Å². The molecule has 3 radical (unpaired) electrons. The quantitative estimate of drug-likeness (QED) is 0.367. The van der Waals surface area contributed by atoms with Crippen molar-refractivity contribution in [3.63, 3.8) is 0 Å². The van der Waals surface area contributed by atoms with Gasteiger partial charge < -0.3 is 14.8 Å². The van der Waals surface area contributed by atoms with Crippen LogP contribution in [0.25, 0.3) is 11.3 Å². The molecule has 1 heterocycles. The molecule has 0 saturated heterocycles. The van der Waals surface area contributed by atoms with Crippen LogP contribution in [0.5, 0.6) is 11.5 Å². The summed E-state index contributed by atoms with van der Waals surface area (Å²) < 4.78 is 10.9. The minimum absolute atomic E-state index is 0.276. The zero-order valence-corrected chi connectivity index (χ0v) is 20.7. The van der Waals surface area contributed by atoms with E-state index >= 15 is 0 Å². The molecule has 2 aromatic carbocycles. The Kier molecular flexibility index (Phi) is 6.56. The average molecular weight is 499 g/mol. The van der Waals surface area contributed by atoms with Crippen LogP contribution in [-0.4, -0.2) is 40.6 Å². The molecule has 3 aromatic rings. The number of anilines is 1. The second kappa shape index (κ2) is 9.25. The third-order valence-corrected chi connectivity index (χ3v) is 7.34. The zero-order valence-electron chi connectivity index (χ0n) is 18.2. The average Bonchev–Trinajstić information content (AvgIpc) is 3.22. The number of halogens is 2. The molecule has 0 unspecified atom stereocenters. The number of carbonyl (C=O) groups is 1. The van der Waals surface area contributed by atoms with Crippen LogP contribution in [0.4, 0.5) is 5.69 Å². The van der Waals surface area contributed by atoms with Gasteiger partial charge in [-0.2, -0.15) is 5.10 Å². The molecular formula is C24H22Cl2N3O3Si. The number of aromatic amines is 1. The van der Waals surface area contributed by atoms with Gasteiger partial charge in [0, 0.05) is 33.1 Å². The third kappa shape index (κ3) is 4.16. The van der Waals surface area contributed by atoms with Gasteiger partial charge in [0.1, 0.15) is 11.5 Å². The number of fused-ring (bicyclic) bond motifs is 1. The first-order valence-corrected chi connectivity index (χ1v) is 11.5. The van der Waals surface area contributed by atoms with Crippen LogP contribution < -0.4 is 14.8 Å². The number of rotatable bonds is 6. The van der Waals surface area contributed by atoms with Crippen LogP contribution in [0.1, 0.15) is 23.2 Å². The van der Waals surface area contributed by atoms with Crippen molar-refractivity contribution in [3.8, 4) is 22.8 Å². The van der Waals surface area contributed by atoms with Crippen LogP contribution in [0.15, 0.2) is 43.0 Å². The van der Waals surface area contributed by atoms with Crippen molar-refractivity contribution < 1.29 is 14.3 Å². The van der Waals surface area contributed by atoms with Crippen molar-refractivity contribution in [2.24, 2.45) is 0 Å². The van der Waals surface area contributed by atoms with Crippen LogP contribution in [0.3, 0.4) is 0 Å². The number of H-pyrrole nitrogens is 1. The van der Waals surface area contributed by atoms with E-state index in [0.29, 0.717) is 46.5 Å². The first-order valence-electron chi connectivity index (χ1n) is 10.3. The number of para-hydroxylation sites is 1. The van der Waals surface area contributed by atoms with Gasteiger partial charge in [-0.1, -0.05) is 48.0 Å². The lowest BCUT2D eigenvalue weighted by Crippen LogP contribution is -2.34. The summed E-state index contributed by atoms with van der Waals surface area (Å²) in [6, 6.07) is 9.24. The van der Waals surface area contributed by atoms with Gasteiger partial charge in [0.2, 0.25) is 5.91 Å². The van der Waals surface area contributed by atoms with E-state index in [0.717, 1.165) is 28.1 Å². The monoisotopic (exact) mass is 498 g/mol. The molecule has 0 saturated carbocycles. The van der Waals surface area contributed by atoms with Crippen LogP contribution in [0.2, 0.25) is 10.0 Å². The standard InChI is InChI=1S/C24H22Cl2N3O3Si/c1-4-19(30)27-15-8-6-5-7-13(15)23-14-9-10-24(33,12-16(14)28-29-23)20-21(25)17(31-2)11-18(32-3)22(20)26/h4-8,11H,1,9-10,12H2,2-3H3,(H,27,30)(H,28,29)/t24-/m0/s1. The van der Waals surface area contributed by atoms with Gasteiger partial charge in [0.15, 0.2) is 0 Å². The fourth-order valence-corrected chi connectivity index (χ4v) is 5.84. The zero-order chi connectivity index (χ0) is 23.8. The highest BCUT2D eigenvalue weighted by Crippen LogP contribution is 2.49. The van der Waals surface area contributed by atoms with Gasteiger partial charge in [0.05, 0.1) is 35.6 Å². The van der Waals surface area contributed by atoms with Crippen LogP contribution >= 0.6 is 23.2 Å². The van der Waals surface area contributed by atoms with E-state index in [1.165, 1.54) is 6.08 Å². The lowest BCUT2D eigenvalue weighted by molar-refractivity contribution is -0.111. The highest BCUT2D eigenvalue weighted by molar-refractivity contribution is 6.39. The summed E-state index contributed by atoms with van der Waals surface area (Å²) in [6.45, 7) is 3.52. The molecule has 1 aliphatic carbocycles. The summed E-state index contributed by atoms with van der Waals surface area (Å²) in [5, 5.41) is 11.0. The summed E-state index contributed by atoms with van der Waals surface area (Å²) >= 11 is 13.4. The molecule has 1 atom stereocenters. The summed E-state index contributed by atoms with van der Waals surface area (Å²) in [5.74, 6) is 0.712. The Morgan fingerprint density at radius 1 is 1.24 bits per heavy atom. The van der Waals surface area contributed by atoms with Crippen molar-refractivity contribution in [2.45, 2.75) is 24.3 Å². The summed E-state index contributed by atoms with van der Waals surface area (Å²) in [4.78, 5) is 11.9. The highest BCUT2D eigenvalue weighted by Gasteiger charge is 2.39. The number of nitrogens with zero attached hydrogens (tertiary/aromatic N) is 1. The first-order chi connectivity index (χ1) is 15.8. The first kappa shape index (κ1) is 23.4. The van der Waals surface area contributed by atoms with Crippen LogP contribution in [0, 0.1) is 0 Å². The molecule has 0 fully saturated rings. The second-order valence-corrected chi connectivity index (χ2v) is 9.52. The van der Waals surface area contributed by atoms with Crippen molar-refractivity contribution >= 4 is 45.0 Å². The molecule has 2 N–H and O–H groups in total. The third-order valence-electron chi connectivity index (χ3n) is 5.91. The van der Waals surface area contributed by atoms with E-state index in [1.807, 2.05) is 24.3 Å². The Balaban J connectivity index is 1.75. The Morgan fingerprint density at radius 3 is 2.55 bits per heavy atom. The number of nitrogens with one attached hydrogen (secondary N) is 2. The van der Waals surface area contributed by atoms with E-state index in [1.54, 1.807) is 20.3 Å². The Hall–Kier alpha value is -2.74. The van der Waals surface area contributed by atoms with Gasteiger partial charge in [-0.25, -0.2) is 0 Å². The predicted octanol–water partition coefficient (Wildman–Crippen LogP) is 5.08. The van der Waals surface area contributed by atoms with Crippen molar-refractivity contribution in [3.05, 3.63) is 69.9 Å². The number of benzene rings is 2. The minimum atomic E-state index is -0.552. The molecule has 1 aromatic heterocycles. The molecule has 9 heteroatoms. The number of amides is 1. The number of hydrogen-bond acceptors (Lipinski definition) is 4. The van der Waals surface area contributed by atoms with Gasteiger partial charge in [-0.15, -0.1) is 0 Å². The highest BCUT2D eigenvalue weighted by atomic mass is 35.5. The molecule has 6 nitrogen and oxygen atoms in total. The smallest absolute Gasteiger partial charge is 0.247 e. The SMILES string of the molecule is C=CC(=O)Nc1ccccc1-c1n[nH]c2c1CC[C@@]([Si])(c1c(Cl)c(OC)cc(OC)c1Cl)C2. The normalized spacial score (nSPS) is 17.2. The van der Waals surface area contributed by atoms with E-state index in [4.69, 9.17) is 32.7 Å². The molecule has 169 valence electrons. The second-order valence-electron chi connectivity index (χ2n) is 7.81. The van der Waals surface area contributed by atoms with Crippen molar-refractivity contribution in [1.29, 1.82) is 0 Å². The fourth-order valence-electron chi connectivity index (χ4n) is 4.27. The van der Waals surface area contributed by atoms with E-state index in [-0.39, 0.29) is 5.91 Å². The number of hydrogen-bond donors (Lipinski definition) is 2. The maximum absolute atomic E-state index is 11.9. The summed E-state index contributed by atoms with van der Waals surface area (Å²) in [7, 11) is 7.11. The predicted molar refractivity (Wildman–Crippen MR) is 132 cm³/mol. The Bertz CT molecular complexity index is 1220. The molecule has 1 amide bonds. The largest absolute Gasteiger partial charge is 0.495 e. The lowest BCUT2D eigenvalue weighted by atomic mass is 9.80. The van der Waals surface area contributed by atoms with Gasteiger partial charge in [-0.05, 0) is 42.0 Å². The molecular weight excluding hydrogens is 477 g/mol. The Labute approximate surface area is 205 Å². The molecule has 0 bridgehead atoms. The van der Waals surface area contributed by atoms with E-state index in [2.05, 4.69) is 32.3 Å². The fraction of sp³-hybridized carbons (Fsp3) is 0.250. The van der Waals surface area contributed by atoms with Crippen LogP contribution in [-0.2, 0) is 22.7 Å². The minimum Gasteiger partial charge on any atom is -0.495 e. The summed E-state index contributed by atoms with van der Waals surface area (Å²) in [6.07, 6.45) is 3.23. The number of carbonyl (C=O) groups excluding carboxylic acids is 1. The molecule has 33 heavy (non-hydrogen) atoms. The Morgan fingerprint density at radius 2 is 1.91 bits per heavy atom. The van der Waals surface area contributed by atoms with Crippen molar-refractivity contribution in [2.75, 3.05) is 19.5 Å². The van der Waals surface area contributed by atoms with E-state index in [9.17, 15) is 4.79 Å². The number of ether oxygens (including phenoxy) is 2. The molecule has 0 aliphatic heterocycles. The van der Waals surface area contributed by atoms with Gasteiger partial charge in [-0.3, -0.25) is 9.89 Å². The maximum Gasteiger partial charge on any atom is 0.247 e. The molecule has 4 rings (SSSR count). The number of aromatic nitrogens is 2. The summed E-state index contributed by atoms with van der Waals surface area (Å²) in [5.41, 5.74) is 5.09. The van der Waals surface area contributed by atoms with Gasteiger partial charge in [0.25, 0.3) is 0 Å². The maximum atomic E-state index is 11.9. The molecule has 0 spiro atoms. The van der Waals surface area contributed by atoms with Crippen molar-refractivity contribution in [1.82, 2.24) is 10.2 Å². The topological polar surface area (TPSA) is 76.2 Å².